The summed E-state index contributed by atoms with van der Waals surface area (Å²) in [6.07, 6.45) is 24.3. The Morgan fingerprint density at radius 2 is 1.54 bits per heavy atom. The molecule has 154 valence electrons. The Morgan fingerprint density at radius 1 is 0.885 bits per heavy atom. The molecule has 1 aliphatic heterocycles. The molecule has 1 heterocycles. The molecule has 0 bridgehead atoms. The van der Waals surface area contributed by atoms with E-state index >= 15 is 0 Å². The third-order valence-corrected chi connectivity index (χ3v) is 11.0. The Morgan fingerprint density at radius 3 is 2.08 bits per heavy atom. The minimum atomic E-state index is -1.09. The van der Waals surface area contributed by atoms with Gasteiger partial charge in [0.2, 0.25) is 0 Å². The van der Waals surface area contributed by atoms with E-state index in [0.29, 0.717) is 5.04 Å². The van der Waals surface area contributed by atoms with Crippen molar-refractivity contribution >= 4 is 9.04 Å². The summed E-state index contributed by atoms with van der Waals surface area (Å²) in [7, 11) is -1.09. The van der Waals surface area contributed by atoms with Gasteiger partial charge in [0.25, 0.3) is 0 Å². The van der Waals surface area contributed by atoms with Gasteiger partial charge in [-0.3, -0.25) is 0 Å². The molecule has 0 aromatic carbocycles. The van der Waals surface area contributed by atoms with Crippen molar-refractivity contribution in [2.45, 2.75) is 129 Å². The van der Waals surface area contributed by atoms with Gasteiger partial charge in [-0.2, -0.15) is 0 Å². The van der Waals surface area contributed by atoms with Crippen molar-refractivity contribution in [3.05, 3.63) is 12.2 Å². The Hall–Kier alpha value is -0.0831. The zero-order valence-corrected chi connectivity index (χ0v) is 19.7. The molecule has 2 atom stereocenters. The summed E-state index contributed by atoms with van der Waals surface area (Å²) in [6.45, 7) is 10.6. The number of rotatable bonds is 15. The van der Waals surface area contributed by atoms with E-state index in [1.165, 1.54) is 95.9 Å². The first-order valence-electron chi connectivity index (χ1n) is 12.0. The highest BCUT2D eigenvalue weighted by Gasteiger charge is 2.43. The molecule has 0 saturated carbocycles. The van der Waals surface area contributed by atoms with Crippen molar-refractivity contribution in [1.29, 1.82) is 0 Å². The number of hydrogen-bond donors (Lipinski definition) is 0. The quantitative estimate of drug-likeness (QED) is 0.158. The van der Waals surface area contributed by atoms with Gasteiger partial charge < -0.3 is 4.43 Å². The fourth-order valence-electron chi connectivity index (χ4n) is 5.05. The summed E-state index contributed by atoms with van der Waals surface area (Å²) in [5.74, 6) is 0.737. The molecule has 0 spiro atoms. The van der Waals surface area contributed by atoms with Gasteiger partial charge in [-0.05, 0) is 42.7 Å². The van der Waals surface area contributed by atoms with E-state index in [4.69, 9.17) is 4.43 Å². The third kappa shape index (κ3) is 7.88. The van der Waals surface area contributed by atoms with Gasteiger partial charge in [-0.25, -0.2) is 0 Å². The van der Waals surface area contributed by atoms with Crippen LogP contribution in [0.4, 0.5) is 0 Å². The van der Waals surface area contributed by atoms with Gasteiger partial charge in [0.05, 0.1) is 0 Å². The van der Waals surface area contributed by atoms with Crippen molar-refractivity contribution in [3.63, 3.8) is 0 Å². The fourth-order valence-corrected chi connectivity index (χ4v) is 8.97. The zero-order chi connectivity index (χ0) is 19.1. The SMILES string of the molecule is CCCCCCCCCCC=CC(CC)C(CC)(CC)[SiH]1CCCCO1. The lowest BCUT2D eigenvalue weighted by molar-refractivity contribution is 0.234. The molecule has 1 fully saturated rings. The second-order valence-electron chi connectivity index (χ2n) is 8.50. The van der Waals surface area contributed by atoms with Crippen molar-refractivity contribution < 1.29 is 4.43 Å². The average Bonchev–Trinajstić information content (AvgIpc) is 2.69. The van der Waals surface area contributed by atoms with Crippen LogP contribution in [-0.4, -0.2) is 15.6 Å². The highest BCUT2D eigenvalue weighted by molar-refractivity contribution is 6.56. The molecule has 1 saturated heterocycles. The van der Waals surface area contributed by atoms with E-state index in [-0.39, 0.29) is 0 Å². The largest absolute Gasteiger partial charge is 0.419 e. The van der Waals surface area contributed by atoms with Crippen LogP contribution in [0.15, 0.2) is 12.2 Å². The Kier molecular flexibility index (Phi) is 13.7. The van der Waals surface area contributed by atoms with Crippen LogP contribution in [0.3, 0.4) is 0 Å². The fraction of sp³-hybridized carbons (Fsp3) is 0.917. The molecule has 0 aliphatic carbocycles. The third-order valence-electron chi connectivity index (χ3n) is 6.91. The summed E-state index contributed by atoms with van der Waals surface area (Å²) in [5, 5.41) is 0.491. The standard InChI is InChI=1S/C24H48OSi/c1-5-9-10-11-12-13-14-15-16-17-20-23(6-2)24(7-3,8-4)26-22-19-18-21-25-26/h17,20,23,26H,5-16,18-19,21-22H2,1-4H3. The van der Waals surface area contributed by atoms with Crippen molar-refractivity contribution in [2.24, 2.45) is 5.92 Å². The molecule has 1 rings (SSSR count). The maximum absolute atomic E-state index is 6.41. The van der Waals surface area contributed by atoms with E-state index in [9.17, 15) is 0 Å². The van der Waals surface area contributed by atoms with Gasteiger partial charge in [-0.1, -0.05) is 104 Å². The van der Waals surface area contributed by atoms with Gasteiger partial charge >= 0.3 is 0 Å². The number of allylic oxidation sites excluding steroid dienone is 2. The molecule has 0 radical (unpaired) electrons. The summed E-state index contributed by atoms with van der Waals surface area (Å²) in [4.78, 5) is 0. The highest BCUT2D eigenvalue weighted by Crippen LogP contribution is 2.50. The summed E-state index contributed by atoms with van der Waals surface area (Å²) in [6, 6.07) is 1.41. The minimum Gasteiger partial charge on any atom is -0.419 e. The Balaban J connectivity index is 2.39. The monoisotopic (exact) mass is 380 g/mol. The van der Waals surface area contributed by atoms with E-state index in [1.54, 1.807) is 0 Å². The normalized spacial score (nSPS) is 19.9. The molecule has 1 nitrogen and oxygen atoms in total. The van der Waals surface area contributed by atoms with E-state index in [2.05, 4.69) is 39.8 Å². The maximum Gasteiger partial charge on any atom is 0.183 e. The molecule has 26 heavy (non-hydrogen) atoms. The van der Waals surface area contributed by atoms with Crippen molar-refractivity contribution in [3.8, 4) is 0 Å². The molecule has 0 aromatic heterocycles. The lowest BCUT2D eigenvalue weighted by Gasteiger charge is -2.44. The highest BCUT2D eigenvalue weighted by atomic mass is 28.3. The predicted octanol–water partition coefficient (Wildman–Crippen LogP) is 8.19. The first kappa shape index (κ1) is 24.0. The summed E-state index contributed by atoms with van der Waals surface area (Å²) < 4.78 is 6.41. The van der Waals surface area contributed by atoms with Crippen LogP contribution in [0.2, 0.25) is 11.1 Å². The Bertz CT molecular complexity index is 342. The smallest absolute Gasteiger partial charge is 0.183 e. The van der Waals surface area contributed by atoms with Gasteiger partial charge in [-0.15, -0.1) is 0 Å². The topological polar surface area (TPSA) is 9.23 Å². The summed E-state index contributed by atoms with van der Waals surface area (Å²) >= 11 is 0. The van der Waals surface area contributed by atoms with E-state index < -0.39 is 9.04 Å². The molecule has 2 heteroatoms. The van der Waals surface area contributed by atoms with Crippen molar-refractivity contribution in [1.82, 2.24) is 0 Å². The minimum absolute atomic E-state index is 0.491. The van der Waals surface area contributed by atoms with Crippen LogP contribution in [0.25, 0.3) is 0 Å². The second-order valence-corrected chi connectivity index (χ2v) is 11.5. The number of hydrogen-bond acceptors (Lipinski definition) is 1. The molecule has 1 aliphatic rings. The second kappa shape index (κ2) is 14.9. The van der Waals surface area contributed by atoms with E-state index in [1.807, 2.05) is 0 Å². The van der Waals surface area contributed by atoms with Crippen LogP contribution >= 0.6 is 0 Å². The predicted molar refractivity (Wildman–Crippen MR) is 121 cm³/mol. The maximum atomic E-state index is 6.41. The number of unbranched alkanes of at least 4 members (excludes halogenated alkanes) is 8. The molecule has 0 amide bonds. The zero-order valence-electron chi connectivity index (χ0n) is 18.5. The van der Waals surface area contributed by atoms with Gasteiger partial charge in [0.1, 0.15) is 0 Å². The Labute approximate surface area is 167 Å². The van der Waals surface area contributed by atoms with Crippen LogP contribution in [-0.2, 0) is 4.43 Å². The first-order chi connectivity index (χ1) is 12.7. The first-order valence-corrected chi connectivity index (χ1v) is 13.9. The summed E-state index contributed by atoms with van der Waals surface area (Å²) in [5.41, 5.74) is 0. The molecule has 2 unspecified atom stereocenters. The lowest BCUT2D eigenvalue weighted by atomic mass is 9.84. The van der Waals surface area contributed by atoms with E-state index in [0.717, 1.165) is 12.5 Å². The van der Waals surface area contributed by atoms with Gasteiger partial charge in [0.15, 0.2) is 9.04 Å². The molecular formula is C24H48OSi. The molecular weight excluding hydrogens is 332 g/mol. The van der Waals surface area contributed by atoms with Crippen LogP contribution < -0.4 is 0 Å². The van der Waals surface area contributed by atoms with Crippen LogP contribution in [0, 0.1) is 5.92 Å². The average molecular weight is 381 g/mol. The lowest BCUT2D eigenvalue weighted by Crippen LogP contribution is -2.41. The molecule has 0 aromatic rings. The van der Waals surface area contributed by atoms with Crippen LogP contribution in [0.1, 0.15) is 118 Å². The van der Waals surface area contributed by atoms with Gasteiger partial charge in [0, 0.05) is 6.61 Å². The molecule has 0 N–H and O–H groups in total. The van der Waals surface area contributed by atoms with Crippen LogP contribution in [0.5, 0.6) is 0 Å². The van der Waals surface area contributed by atoms with Crippen molar-refractivity contribution in [2.75, 3.05) is 6.61 Å².